The highest BCUT2D eigenvalue weighted by Crippen LogP contribution is 2.35. The lowest BCUT2D eigenvalue weighted by Crippen LogP contribution is -2.42. The fourth-order valence-electron chi connectivity index (χ4n) is 3.36. The van der Waals surface area contributed by atoms with Gasteiger partial charge in [-0.3, -0.25) is 0 Å². The largest absolute Gasteiger partial charge is 0.494 e. The van der Waals surface area contributed by atoms with Crippen molar-refractivity contribution in [1.29, 1.82) is 0 Å². The smallest absolute Gasteiger partial charge is 0.246 e. The first-order valence-electron chi connectivity index (χ1n) is 8.69. The second-order valence-corrected chi connectivity index (χ2v) is 8.60. The van der Waals surface area contributed by atoms with Crippen LogP contribution in [-0.2, 0) is 10.0 Å². The first kappa shape index (κ1) is 19.1. The van der Waals surface area contributed by atoms with Crippen molar-refractivity contribution in [2.24, 2.45) is 11.8 Å². The fraction of sp³-hybridized carbons (Fsp3) is 0.667. The van der Waals surface area contributed by atoms with Gasteiger partial charge in [-0.25, -0.2) is 8.42 Å². The zero-order chi connectivity index (χ0) is 17.9. The third kappa shape index (κ3) is 4.03. The van der Waals surface area contributed by atoms with E-state index in [2.05, 4.69) is 13.8 Å². The second kappa shape index (κ2) is 7.74. The van der Waals surface area contributed by atoms with E-state index in [1.54, 1.807) is 16.4 Å². The molecule has 1 saturated heterocycles. The molecule has 6 heteroatoms. The van der Waals surface area contributed by atoms with Gasteiger partial charge >= 0.3 is 0 Å². The van der Waals surface area contributed by atoms with Crippen LogP contribution in [0, 0.1) is 18.8 Å². The summed E-state index contributed by atoms with van der Waals surface area (Å²) in [5.74, 6) is 1.72. The summed E-state index contributed by atoms with van der Waals surface area (Å²) in [5.41, 5.74) is 0.875. The number of ether oxygens (including phenoxy) is 2. The van der Waals surface area contributed by atoms with E-state index in [0.29, 0.717) is 49.6 Å². The number of hydrogen-bond donors (Lipinski definition) is 0. The molecule has 1 heterocycles. The van der Waals surface area contributed by atoms with Crippen LogP contribution in [0.5, 0.6) is 11.5 Å². The molecule has 2 rings (SSSR count). The number of sulfonamides is 1. The molecule has 136 valence electrons. The van der Waals surface area contributed by atoms with Gasteiger partial charge in [0.2, 0.25) is 10.0 Å². The molecule has 0 aliphatic carbocycles. The standard InChI is InChI=1S/C18H29NO4S/c1-6-22-16-10-18(17(23-7-2)9-15(16)5)24(20,21)19-11-13(3)8-14(4)12-19/h9-10,13-14H,6-8,11-12H2,1-5H3/t13-,14-/m0/s1. The Morgan fingerprint density at radius 2 is 1.58 bits per heavy atom. The van der Waals surface area contributed by atoms with Crippen molar-refractivity contribution in [3.8, 4) is 11.5 Å². The van der Waals surface area contributed by atoms with Crippen molar-refractivity contribution >= 4 is 10.0 Å². The number of aryl methyl sites for hydroxylation is 1. The Hall–Kier alpha value is -1.27. The third-order valence-corrected chi connectivity index (χ3v) is 6.15. The number of hydrogen-bond acceptors (Lipinski definition) is 4. The topological polar surface area (TPSA) is 55.8 Å². The minimum absolute atomic E-state index is 0.208. The summed E-state index contributed by atoms with van der Waals surface area (Å²) >= 11 is 0. The van der Waals surface area contributed by atoms with Gasteiger partial charge in [-0.1, -0.05) is 13.8 Å². The highest BCUT2D eigenvalue weighted by molar-refractivity contribution is 7.89. The summed E-state index contributed by atoms with van der Waals surface area (Å²) < 4.78 is 39.3. The first-order valence-corrected chi connectivity index (χ1v) is 10.1. The van der Waals surface area contributed by atoms with Gasteiger partial charge in [0.15, 0.2) is 0 Å². The number of benzene rings is 1. The molecule has 0 N–H and O–H groups in total. The molecule has 1 aliphatic heterocycles. The fourth-order valence-corrected chi connectivity index (χ4v) is 5.17. The normalized spacial score (nSPS) is 22.4. The molecule has 2 atom stereocenters. The van der Waals surface area contributed by atoms with Crippen LogP contribution in [0.15, 0.2) is 17.0 Å². The molecule has 24 heavy (non-hydrogen) atoms. The van der Waals surface area contributed by atoms with E-state index in [-0.39, 0.29) is 4.90 Å². The van der Waals surface area contributed by atoms with Crippen LogP contribution in [0.3, 0.4) is 0 Å². The number of piperidine rings is 1. The Morgan fingerprint density at radius 3 is 2.12 bits per heavy atom. The van der Waals surface area contributed by atoms with Gasteiger partial charge in [-0.2, -0.15) is 4.31 Å². The van der Waals surface area contributed by atoms with E-state index in [1.165, 1.54) is 0 Å². The number of nitrogens with zero attached hydrogens (tertiary/aromatic N) is 1. The Kier molecular flexibility index (Phi) is 6.15. The van der Waals surface area contributed by atoms with Crippen molar-refractivity contribution in [3.63, 3.8) is 0 Å². The van der Waals surface area contributed by atoms with Crippen LogP contribution >= 0.6 is 0 Å². The van der Waals surface area contributed by atoms with E-state index in [0.717, 1.165) is 12.0 Å². The summed E-state index contributed by atoms with van der Waals surface area (Å²) in [6, 6.07) is 3.38. The highest BCUT2D eigenvalue weighted by Gasteiger charge is 2.34. The monoisotopic (exact) mass is 355 g/mol. The maximum atomic E-state index is 13.2. The molecule has 1 aromatic carbocycles. The van der Waals surface area contributed by atoms with Gasteiger partial charge in [0.1, 0.15) is 16.4 Å². The van der Waals surface area contributed by atoms with Crippen molar-refractivity contribution in [1.82, 2.24) is 4.31 Å². The van der Waals surface area contributed by atoms with Gasteiger partial charge in [0.25, 0.3) is 0 Å². The predicted molar refractivity (Wildman–Crippen MR) is 95.2 cm³/mol. The Bertz CT molecular complexity index is 662. The zero-order valence-electron chi connectivity index (χ0n) is 15.3. The number of rotatable bonds is 6. The average Bonchev–Trinajstić information content (AvgIpc) is 2.49. The molecule has 1 fully saturated rings. The van der Waals surface area contributed by atoms with E-state index in [9.17, 15) is 8.42 Å². The molecule has 5 nitrogen and oxygen atoms in total. The summed E-state index contributed by atoms with van der Waals surface area (Å²) in [6.45, 7) is 11.9. The Balaban J connectivity index is 2.48. The molecular formula is C18H29NO4S. The summed E-state index contributed by atoms with van der Waals surface area (Å²) in [5, 5.41) is 0. The average molecular weight is 356 g/mol. The molecular weight excluding hydrogens is 326 g/mol. The summed E-state index contributed by atoms with van der Waals surface area (Å²) in [7, 11) is -3.61. The van der Waals surface area contributed by atoms with Gasteiger partial charge < -0.3 is 9.47 Å². The maximum Gasteiger partial charge on any atom is 0.246 e. The van der Waals surface area contributed by atoms with Crippen LogP contribution in [0.1, 0.15) is 39.7 Å². The molecule has 0 unspecified atom stereocenters. The van der Waals surface area contributed by atoms with Gasteiger partial charge in [0, 0.05) is 19.2 Å². The van der Waals surface area contributed by atoms with Crippen molar-refractivity contribution < 1.29 is 17.9 Å². The van der Waals surface area contributed by atoms with Crippen molar-refractivity contribution in [2.45, 2.75) is 45.9 Å². The highest BCUT2D eigenvalue weighted by atomic mass is 32.2. The van der Waals surface area contributed by atoms with Crippen LogP contribution in [0.2, 0.25) is 0 Å². The predicted octanol–water partition coefficient (Wildman–Crippen LogP) is 3.46. The summed E-state index contributed by atoms with van der Waals surface area (Å²) in [6.07, 6.45) is 1.06. The quantitative estimate of drug-likeness (QED) is 0.784. The molecule has 0 bridgehead atoms. The summed E-state index contributed by atoms with van der Waals surface area (Å²) in [4.78, 5) is 0.208. The van der Waals surface area contributed by atoms with Gasteiger partial charge in [-0.05, 0) is 50.7 Å². The van der Waals surface area contributed by atoms with Crippen LogP contribution < -0.4 is 9.47 Å². The second-order valence-electron chi connectivity index (χ2n) is 6.70. The Labute approximate surface area is 146 Å². The minimum atomic E-state index is -3.61. The van der Waals surface area contributed by atoms with E-state index in [1.807, 2.05) is 20.8 Å². The van der Waals surface area contributed by atoms with Crippen LogP contribution in [-0.4, -0.2) is 39.0 Å². The van der Waals surface area contributed by atoms with Gasteiger partial charge in [0.05, 0.1) is 13.2 Å². The van der Waals surface area contributed by atoms with E-state index >= 15 is 0 Å². The lowest BCUT2D eigenvalue weighted by atomic mass is 9.94. The maximum absolute atomic E-state index is 13.2. The minimum Gasteiger partial charge on any atom is -0.494 e. The SMILES string of the molecule is CCOc1cc(S(=O)(=O)N2C[C@@H](C)C[C@H](C)C2)c(OCC)cc1C. The van der Waals surface area contributed by atoms with Gasteiger partial charge in [-0.15, -0.1) is 0 Å². The molecule has 0 spiro atoms. The van der Waals surface area contributed by atoms with Crippen LogP contribution in [0.4, 0.5) is 0 Å². The molecule has 1 aliphatic rings. The first-order chi connectivity index (χ1) is 11.3. The third-order valence-electron chi connectivity index (χ3n) is 4.29. The lowest BCUT2D eigenvalue weighted by Gasteiger charge is -2.34. The van der Waals surface area contributed by atoms with Crippen LogP contribution in [0.25, 0.3) is 0 Å². The van der Waals surface area contributed by atoms with Crippen molar-refractivity contribution in [2.75, 3.05) is 26.3 Å². The molecule has 0 amide bonds. The molecule has 0 radical (unpaired) electrons. The van der Waals surface area contributed by atoms with E-state index < -0.39 is 10.0 Å². The molecule has 0 aromatic heterocycles. The molecule has 0 saturated carbocycles. The zero-order valence-corrected chi connectivity index (χ0v) is 16.1. The van der Waals surface area contributed by atoms with E-state index in [4.69, 9.17) is 9.47 Å². The molecule has 1 aromatic rings. The van der Waals surface area contributed by atoms with Crippen molar-refractivity contribution in [3.05, 3.63) is 17.7 Å². The lowest BCUT2D eigenvalue weighted by molar-refractivity contribution is 0.221. The Morgan fingerprint density at radius 1 is 1.04 bits per heavy atom.